The Balaban J connectivity index is 3.28. The number of sulfone groups is 1. The number of halogens is 3. The van der Waals surface area contributed by atoms with Crippen LogP contribution in [-0.4, -0.2) is 26.9 Å². The van der Waals surface area contributed by atoms with E-state index in [-0.39, 0.29) is 10.6 Å². The van der Waals surface area contributed by atoms with Crippen molar-refractivity contribution in [3.8, 4) is 5.75 Å². The minimum atomic E-state index is -4.94. The van der Waals surface area contributed by atoms with Crippen LogP contribution in [0.1, 0.15) is 6.92 Å². The minimum Gasteiger partial charge on any atom is -0.404 e. The van der Waals surface area contributed by atoms with Crippen molar-refractivity contribution < 1.29 is 31.1 Å². The second-order valence-corrected chi connectivity index (χ2v) is 5.67. The summed E-state index contributed by atoms with van der Waals surface area (Å²) in [7, 11) is -3.61. The Morgan fingerprint density at radius 2 is 1.89 bits per heavy atom. The van der Waals surface area contributed by atoms with Crippen LogP contribution in [0.4, 0.5) is 18.9 Å². The summed E-state index contributed by atoms with van der Waals surface area (Å²) in [5.74, 6) is -1.34. The SMILES string of the molecule is CC(=O)Nc1cc(S(C)(=O)=O)ccc1OC(F)(F)F. The molecule has 0 aliphatic heterocycles. The van der Waals surface area contributed by atoms with Crippen molar-refractivity contribution >= 4 is 21.4 Å². The van der Waals surface area contributed by atoms with Crippen LogP contribution in [-0.2, 0) is 14.6 Å². The monoisotopic (exact) mass is 297 g/mol. The summed E-state index contributed by atoms with van der Waals surface area (Å²) in [6.07, 6.45) is -4.05. The molecule has 0 unspecified atom stereocenters. The number of carbonyl (C=O) groups is 1. The Hall–Kier alpha value is -1.77. The van der Waals surface area contributed by atoms with E-state index in [4.69, 9.17) is 0 Å². The first kappa shape index (κ1) is 15.3. The molecule has 1 aromatic rings. The van der Waals surface area contributed by atoms with Crippen molar-refractivity contribution in [3.05, 3.63) is 18.2 Å². The molecule has 1 N–H and O–H groups in total. The van der Waals surface area contributed by atoms with E-state index in [9.17, 15) is 26.4 Å². The third-order valence-corrected chi connectivity index (χ3v) is 3.03. The van der Waals surface area contributed by atoms with Crippen LogP contribution in [0.5, 0.6) is 5.75 Å². The first-order valence-electron chi connectivity index (χ1n) is 4.86. The van der Waals surface area contributed by atoms with Gasteiger partial charge in [-0.1, -0.05) is 0 Å². The van der Waals surface area contributed by atoms with E-state index in [0.717, 1.165) is 31.4 Å². The molecule has 0 aromatic heterocycles. The fourth-order valence-corrected chi connectivity index (χ4v) is 1.89. The fraction of sp³-hybridized carbons (Fsp3) is 0.300. The summed E-state index contributed by atoms with van der Waals surface area (Å²) >= 11 is 0. The van der Waals surface area contributed by atoms with E-state index in [1.165, 1.54) is 0 Å². The first-order valence-corrected chi connectivity index (χ1v) is 6.75. The van der Waals surface area contributed by atoms with Crippen molar-refractivity contribution in [3.63, 3.8) is 0 Å². The van der Waals surface area contributed by atoms with Gasteiger partial charge in [0.15, 0.2) is 15.6 Å². The number of hydrogen-bond acceptors (Lipinski definition) is 4. The summed E-state index contributed by atoms with van der Waals surface area (Å²) in [6.45, 7) is 1.07. The molecular formula is C10H10F3NO4S. The van der Waals surface area contributed by atoms with E-state index in [0.29, 0.717) is 0 Å². The van der Waals surface area contributed by atoms with Gasteiger partial charge in [0.25, 0.3) is 0 Å². The van der Waals surface area contributed by atoms with Gasteiger partial charge in [0.2, 0.25) is 5.91 Å². The second kappa shape index (κ2) is 5.08. The summed E-state index contributed by atoms with van der Waals surface area (Å²) in [5, 5.41) is 2.08. The third kappa shape index (κ3) is 4.78. The number of anilines is 1. The smallest absolute Gasteiger partial charge is 0.404 e. The molecule has 0 heterocycles. The normalized spacial score (nSPS) is 12.1. The Bertz CT molecular complexity index is 595. The number of benzene rings is 1. The average molecular weight is 297 g/mol. The van der Waals surface area contributed by atoms with Crippen LogP contribution in [0.15, 0.2) is 23.1 Å². The van der Waals surface area contributed by atoms with E-state index < -0.39 is 27.9 Å². The van der Waals surface area contributed by atoms with Gasteiger partial charge >= 0.3 is 6.36 Å². The van der Waals surface area contributed by atoms with Crippen LogP contribution in [0, 0.1) is 0 Å². The highest BCUT2D eigenvalue weighted by atomic mass is 32.2. The van der Waals surface area contributed by atoms with E-state index in [1.807, 2.05) is 0 Å². The van der Waals surface area contributed by atoms with Gasteiger partial charge in [0.05, 0.1) is 10.6 Å². The highest BCUT2D eigenvalue weighted by Crippen LogP contribution is 2.32. The highest BCUT2D eigenvalue weighted by Gasteiger charge is 2.32. The zero-order valence-electron chi connectivity index (χ0n) is 9.91. The molecule has 0 saturated carbocycles. The van der Waals surface area contributed by atoms with Crippen LogP contribution >= 0.6 is 0 Å². The number of carbonyl (C=O) groups excluding carboxylic acids is 1. The lowest BCUT2D eigenvalue weighted by Crippen LogP contribution is -2.19. The van der Waals surface area contributed by atoms with Crippen LogP contribution < -0.4 is 10.1 Å². The van der Waals surface area contributed by atoms with Crippen molar-refractivity contribution in [1.29, 1.82) is 0 Å². The van der Waals surface area contributed by atoms with Crippen LogP contribution in [0.2, 0.25) is 0 Å². The third-order valence-electron chi connectivity index (χ3n) is 1.92. The maximum Gasteiger partial charge on any atom is 0.573 e. The predicted octanol–water partition coefficient (Wildman–Crippen LogP) is 1.95. The Morgan fingerprint density at radius 3 is 2.32 bits per heavy atom. The molecule has 5 nitrogen and oxygen atoms in total. The molecule has 9 heteroatoms. The van der Waals surface area contributed by atoms with Gasteiger partial charge in [-0.3, -0.25) is 4.79 Å². The van der Waals surface area contributed by atoms with Gasteiger partial charge in [0, 0.05) is 13.2 Å². The summed E-state index contributed by atoms with van der Waals surface area (Å²) in [5.41, 5.74) is -0.368. The van der Waals surface area contributed by atoms with Crippen molar-refractivity contribution in [1.82, 2.24) is 0 Å². The number of hydrogen-bond donors (Lipinski definition) is 1. The summed E-state index contributed by atoms with van der Waals surface area (Å²) in [6, 6.07) is 2.69. The zero-order chi connectivity index (χ0) is 14.8. The molecule has 0 fully saturated rings. The first-order chi connectivity index (χ1) is 8.49. The number of rotatable bonds is 3. The molecule has 0 bridgehead atoms. The lowest BCUT2D eigenvalue weighted by Gasteiger charge is -2.14. The average Bonchev–Trinajstić information content (AvgIpc) is 2.15. The van der Waals surface area contributed by atoms with Crippen molar-refractivity contribution in [2.24, 2.45) is 0 Å². The van der Waals surface area contributed by atoms with Gasteiger partial charge < -0.3 is 10.1 Å². The van der Waals surface area contributed by atoms with E-state index in [1.54, 1.807) is 0 Å². The molecule has 19 heavy (non-hydrogen) atoms. The van der Waals surface area contributed by atoms with E-state index in [2.05, 4.69) is 10.1 Å². The highest BCUT2D eigenvalue weighted by molar-refractivity contribution is 7.90. The Kier molecular flexibility index (Phi) is 4.09. The topological polar surface area (TPSA) is 72.5 Å². The molecular weight excluding hydrogens is 287 g/mol. The lowest BCUT2D eigenvalue weighted by atomic mass is 10.3. The number of alkyl halides is 3. The van der Waals surface area contributed by atoms with E-state index >= 15 is 0 Å². The van der Waals surface area contributed by atoms with Gasteiger partial charge in [0.1, 0.15) is 0 Å². The molecule has 1 aromatic carbocycles. The maximum absolute atomic E-state index is 12.1. The summed E-state index contributed by atoms with van der Waals surface area (Å²) < 4.78 is 62.7. The molecule has 0 atom stereocenters. The quantitative estimate of drug-likeness (QED) is 0.925. The lowest BCUT2D eigenvalue weighted by molar-refractivity contribution is -0.274. The number of ether oxygens (including phenoxy) is 1. The molecule has 0 radical (unpaired) electrons. The Labute approximate surface area is 107 Å². The van der Waals surface area contributed by atoms with Crippen molar-refractivity contribution in [2.75, 3.05) is 11.6 Å². The zero-order valence-corrected chi connectivity index (χ0v) is 10.7. The van der Waals surface area contributed by atoms with Crippen LogP contribution in [0.25, 0.3) is 0 Å². The second-order valence-electron chi connectivity index (χ2n) is 3.66. The van der Waals surface area contributed by atoms with Gasteiger partial charge in [-0.2, -0.15) is 0 Å². The largest absolute Gasteiger partial charge is 0.573 e. The molecule has 106 valence electrons. The molecule has 1 amide bonds. The number of amides is 1. The van der Waals surface area contributed by atoms with Crippen LogP contribution in [0.3, 0.4) is 0 Å². The van der Waals surface area contributed by atoms with Gasteiger partial charge in [-0.25, -0.2) is 8.42 Å². The standard InChI is InChI=1S/C10H10F3NO4S/c1-6(15)14-8-5-7(19(2,16)17)3-4-9(8)18-10(11,12)13/h3-5H,1-2H3,(H,14,15). The number of nitrogens with one attached hydrogen (secondary N) is 1. The maximum atomic E-state index is 12.1. The molecule has 0 saturated heterocycles. The minimum absolute atomic E-state index is 0.231. The van der Waals surface area contributed by atoms with Crippen molar-refractivity contribution in [2.45, 2.75) is 18.2 Å². The molecule has 1 rings (SSSR count). The summed E-state index contributed by atoms with van der Waals surface area (Å²) in [4.78, 5) is 10.7. The molecule has 0 spiro atoms. The molecule has 0 aliphatic rings. The molecule has 0 aliphatic carbocycles. The van der Waals surface area contributed by atoms with Gasteiger partial charge in [-0.05, 0) is 18.2 Å². The van der Waals surface area contributed by atoms with Gasteiger partial charge in [-0.15, -0.1) is 13.2 Å². The fourth-order valence-electron chi connectivity index (χ4n) is 1.24. The Morgan fingerprint density at radius 1 is 1.32 bits per heavy atom. The predicted molar refractivity (Wildman–Crippen MR) is 60.5 cm³/mol.